The Balaban J connectivity index is 1.88. The maximum absolute atomic E-state index is 10.6. The van der Waals surface area contributed by atoms with Crippen molar-refractivity contribution in [2.45, 2.75) is 32.0 Å². The minimum absolute atomic E-state index is 0.322. The van der Waals surface area contributed by atoms with Crippen LogP contribution < -0.4 is 0 Å². The van der Waals surface area contributed by atoms with Crippen LogP contribution in [-0.2, 0) is 11.3 Å². The van der Waals surface area contributed by atoms with E-state index in [-0.39, 0.29) is 0 Å². The highest BCUT2D eigenvalue weighted by molar-refractivity contribution is 5.87. The van der Waals surface area contributed by atoms with Gasteiger partial charge in [-0.05, 0) is 37.0 Å². The smallest absolute Gasteiger partial charge is 0.335 e. The number of ether oxygens (including phenoxy) is 1. The molecule has 1 saturated carbocycles. The Hall–Kier alpha value is -1.35. The highest BCUT2D eigenvalue weighted by Gasteiger charge is 2.17. The average molecular weight is 206 g/mol. The van der Waals surface area contributed by atoms with Gasteiger partial charge in [0, 0.05) is 0 Å². The van der Waals surface area contributed by atoms with Crippen LogP contribution in [0.3, 0.4) is 0 Å². The number of hydrogen-bond acceptors (Lipinski definition) is 2. The van der Waals surface area contributed by atoms with E-state index in [9.17, 15) is 4.79 Å². The first-order valence-corrected chi connectivity index (χ1v) is 5.19. The van der Waals surface area contributed by atoms with Gasteiger partial charge >= 0.3 is 5.97 Å². The van der Waals surface area contributed by atoms with Gasteiger partial charge in [0.05, 0.1) is 18.3 Å². The summed E-state index contributed by atoms with van der Waals surface area (Å²) in [4.78, 5) is 10.6. The van der Waals surface area contributed by atoms with Crippen molar-refractivity contribution in [3.63, 3.8) is 0 Å². The molecule has 0 spiro atoms. The van der Waals surface area contributed by atoms with Gasteiger partial charge in [0.15, 0.2) is 0 Å². The number of benzene rings is 1. The molecule has 1 aliphatic carbocycles. The van der Waals surface area contributed by atoms with Gasteiger partial charge in [0.25, 0.3) is 0 Å². The van der Waals surface area contributed by atoms with E-state index in [1.165, 1.54) is 6.42 Å². The van der Waals surface area contributed by atoms with E-state index in [0.29, 0.717) is 18.3 Å². The lowest BCUT2D eigenvalue weighted by molar-refractivity contribution is -0.00867. The van der Waals surface area contributed by atoms with Gasteiger partial charge in [-0.2, -0.15) is 0 Å². The Morgan fingerprint density at radius 1 is 1.33 bits per heavy atom. The molecule has 15 heavy (non-hydrogen) atoms. The van der Waals surface area contributed by atoms with Crippen LogP contribution >= 0.6 is 0 Å². The van der Waals surface area contributed by atoms with Gasteiger partial charge in [0.1, 0.15) is 0 Å². The van der Waals surface area contributed by atoms with Crippen molar-refractivity contribution in [3.8, 4) is 0 Å². The summed E-state index contributed by atoms with van der Waals surface area (Å²) in [5.74, 6) is -0.888. The molecule has 2 rings (SSSR count). The van der Waals surface area contributed by atoms with Crippen molar-refractivity contribution < 1.29 is 14.6 Å². The Labute approximate surface area is 88.7 Å². The summed E-state index contributed by atoms with van der Waals surface area (Å²) >= 11 is 0. The average Bonchev–Trinajstić information content (AvgIpc) is 2.16. The van der Waals surface area contributed by atoms with Crippen molar-refractivity contribution in [2.75, 3.05) is 0 Å². The second kappa shape index (κ2) is 4.45. The van der Waals surface area contributed by atoms with Crippen LogP contribution in [-0.4, -0.2) is 17.2 Å². The third-order valence-electron chi connectivity index (χ3n) is 2.74. The Kier molecular flexibility index (Phi) is 3.02. The van der Waals surface area contributed by atoms with Gasteiger partial charge in [-0.1, -0.05) is 12.1 Å². The topological polar surface area (TPSA) is 46.5 Å². The summed E-state index contributed by atoms with van der Waals surface area (Å²) in [6.07, 6.45) is 4.01. The van der Waals surface area contributed by atoms with Crippen molar-refractivity contribution >= 4 is 5.97 Å². The molecule has 0 heterocycles. The number of aromatic carboxylic acids is 1. The Morgan fingerprint density at radius 2 is 2.00 bits per heavy atom. The summed E-state index contributed by atoms with van der Waals surface area (Å²) in [6, 6.07) is 6.84. The molecule has 0 unspecified atom stereocenters. The second-order valence-corrected chi connectivity index (χ2v) is 3.87. The van der Waals surface area contributed by atoms with Gasteiger partial charge in [-0.15, -0.1) is 0 Å². The molecule has 0 saturated heterocycles. The van der Waals surface area contributed by atoms with Crippen LogP contribution in [0.2, 0.25) is 0 Å². The van der Waals surface area contributed by atoms with E-state index >= 15 is 0 Å². The number of carboxylic acids is 1. The second-order valence-electron chi connectivity index (χ2n) is 3.87. The summed E-state index contributed by atoms with van der Waals surface area (Å²) in [7, 11) is 0. The molecule has 1 fully saturated rings. The fourth-order valence-corrected chi connectivity index (χ4v) is 1.50. The van der Waals surface area contributed by atoms with Crippen molar-refractivity contribution in [1.82, 2.24) is 0 Å². The molecule has 0 bridgehead atoms. The molecule has 0 atom stereocenters. The first kappa shape index (κ1) is 10.2. The van der Waals surface area contributed by atoms with Gasteiger partial charge in [-0.25, -0.2) is 4.79 Å². The van der Waals surface area contributed by atoms with Crippen LogP contribution in [0.4, 0.5) is 0 Å². The lowest BCUT2D eigenvalue weighted by Crippen LogP contribution is -2.21. The Bertz CT molecular complexity index is 338. The molecule has 0 aromatic heterocycles. The minimum atomic E-state index is -0.888. The summed E-state index contributed by atoms with van der Waals surface area (Å²) in [6.45, 7) is 0.588. The number of rotatable bonds is 4. The third kappa shape index (κ3) is 2.57. The molecule has 3 heteroatoms. The number of hydrogen-bond donors (Lipinski definition) is 1. The minimum Gasteiger partial charge on any atom is -0.478 e. The normalized spacial score (nSPS) is 16.0. The van der Waals surface area contributed by atoms with Crippen LogP contribution in [0.5, 0.6) is 0 Å². The first-order chi connectivity index (χ1) is 7.25. The molecule has 80 valence electrons. The van der Waals surface area contributed by atoms with E-state index in [4.69, 9.17) is 9.84 Å². The zero-order chi connectivity index (χ0) is 10.7. The molecular formula is C12H14O3. The molecule has 0 amide bonds. The third-order valence-corrected chi connectivity index (χ3v) is 2.74. The first-order valence-electron chi connectivity index (χ1n) is 5.19. The number of carbonyl (C=O) groups is 1. The summed E-state index contributed by atoms with van der Waals surface area (Å²) < 4.78 is 5.62. The van der Waals surface area contributed by atoms with Crippen molar-refractivity contribution in [2.24, 2.45) is 0 Å². The van der Waals surface area contributed by atoms with E-state index in [2.05, 4.69) is 0 Å². The standard InChI is InChI=1S/C12H14O3/c13-12(14)10-6-4-9(5-7-10)8-15-11-2-1-3-11/h4-7,11H,1-3,8H2,(H,13,14). The lowest BCUT2D eigenvalue weighted by atomic mass is 9.96. The SMILES string of the molecule is O=C(O)c1ccc(COC2CCC2)cc1. The van der Waals surface area contributed by atoms with Crippen LogP contribution in [0, 0.1) is 0 Å². The number of carboxylic acid groups (broad SMARTS) is 1. The van der Waals surface area contributed by atoms with Gasteiger partial charge in [-0.3, -0.25) is 0 Å². The quantitative estimate of drug-likeness (QED) is 0.823. The highest BCUT2D eigenvalue weighted by atomic mass is 16.5. The van der Waals surface area contributed by atoms with Gasteiger partial charge in [0.2, 0.25) is 0 Å². The van der Waals surface area contributed by atoms with E-state index < -0.39 is 5.97 Å². The van der Waals surface area contributed by atoms with Crippen molar-refractivity contribution in [3.05, 3.63) is 35.4 Å². The molecular weight excluding hydrogens is 192 g/mol. The molecule has 1 aliphatic rings. The fraction of sp³-hybridized carbons (Fsp3) is 0.417. The summed E-state index contributed by atoms with van der Waals surface area (Å²) in [5, 5.41) is 8.71. The Morgan fingerprint density at radius 3 is 2.47 bits per heavy atom. The molecule has 0 radical (unpaired) electrons. The van der Waals surface area contributed by atoms with E-state index in [0.717, 1.165) is 18.4 Å². The van der Waals surface area contributed by atoms with Gasteiger partial charge < -0.3 is 9.84 Å². The zero-order valence-electron chi connectivity index (χ0n) is 8.48. The molecule has 3 nitrogen and oxygen atoms in total. The highest BCUT2D eigenvalue weighted by Crippen LogP contribution is 2.23. The molecule has 1 N–H and O–H groups in total. The largest absolute Gasteiger partial charge is 0.478 e. The molecule has 0 aliphatic heterocycles. The molecule has 1 aromatic rings. The monoisotopic (exact) mass is 206 g/mol. The van der Waals surface area contributed by atoms with E-state index in [1.54, 1.807) is 12.1 Å². The molecule has 1 aromatic carbocycles. The van der Waals surface area contributed by atoms with Crippen LogP contribution in [0.1, 0.15) is 35.2 Å². The van der Waals surface area contributed by atoms with Crippen LogP contribution in [0.25, 0.3) is 0 Å². The van der Waals surface area contributed by atoms with Crippen LogP contribution in [0.15, 0.2) is 24.3 Å². The maximum Gasteiger partial charge on any atom is 0.335 e. The maximum atomic E-state index is 10.6. The summed E-state index contributed by atoms with van der Waals surface area (Å²) in [5.41, 5.74) is 1.36. The predicted octanol–water partition coefficient (Wildman–Crippen LogP) is 2.45. The predicted molar refractivity (Wildman–Crippen MR) is 55.8 cm³/mol. The fourth-order valence-electron chi connectivity index (χ4n) is 1.50. The lowest BCUT2D eigenvalue weighted by Gasteiger charge is -2.25. The zero-order valence-corrected chi connectivity index (χ0v) is 8.48. The van der Waals surface area contributed by atoms with E-state index in [1.807, 2.05) is 12.1 Å². The van der Waals surface area contributed by atoms with Crippen molar-refractivity contribution in [1.29, 1.82) is 0 Å².